The van der Waals surface area contributed by atoms with Gasteiger partial charge in [-0.25, -0.2) is 9.37 Å². The van der Waals surface area contributed by atoms with Gasteiger partial charge in [0.25, 0.3) is 0 Å². The lowest BCUT2D eigenvalue weighted by molar-refractivity contribution is -0.116. The average molecular weight is 434 g/mol. The quantitative estimate of drug-likeness (QED) is 0.785. The Morgan fingerprint density at radius 2 is 2.07 bits per heavy atom. The maximum absolute atomic E-state index is 14.2. The summed E-state index contributed by atoms with van der Waals surface area (Å²) in [6.07, 6.45) is 4.70. The molecular weight excluding hydrogens is 413 g/mol. The first kappa shape index (κ1) is 18.2. The van der Waals surface area contributed by atoms with Crippen molar-refractivity contribution in [1.82, 2.24) is 4.98 Å². The third-order valence-corrected chi connectivity index (χ3v) is 5.71. The van der Waals surface area contributed by atoms with Gasteiger partial charge < -0.3 is 15.0 Å². The standard InChI is InChI=1S/C20H21BrFN3O2/c21-14-1-3-17(16(22)11-14)25-9-6-13(7-10-25)12-27-18-5-8-23-20-15(18)2-4-19(26)24-20/h1,3,5,8,11,13H,2,4,6-7,9-10,12H2,(H,23,24,26). The molecule has 0 aliphatic carbocycles. The number of nitrogens with one attached hydrogen (secondary N) is 1. The minimum absolute atomic E-state index is 0.000282. The van der Waals surface area contributed by atoms with Crippen LogP contribution in [0.4, 0.5) is 15.9 Å². The molecular formula is C20H21BrFN3O2. The van der Waals surface area contributed by atoms with Gasteiger partial charge in [-0.1, -0.05) is 15.9 Å². The maximum atomic E-state index is 14.2. The van der Waals surface area contributed by atoms with Crippen molar-refractivity contribution in [2.75, 3.05) is 29.9 Å². The van der Waals surface area contributed by atoms with E-state index in [0.717, 1.165) is 41.7 Å². The monoisotopic (exact) mass is 433 g/mol. The van der Waals surface area contributed by atoms with Gasteiger partial charge in [-0.3, -0.25) is 4.79 Å². The summed E-state index contributed by atoms with van der Waals surface area (Å²) in [5.41, 5.74) is 1.64. The first-order chi connectivity index (χ1) is 13.1. The van der Waals surface area contributed by atoms with Crippen LogP contribution in [0.3, 0.4) is 0 Å². The van der Waals surface area contributed by atoms with Crippen LogP contribution in [-0.2, 0) is 11.2 Å². The molecule has 4 rings (SSSR count). The van der Waals surface area contributed by atoms with E-state index in [1.165, 1.54) is 6.07 Å². The Morgan fingerprint density at radius 1 is 1.26 bits per heavy atom. The Kier molecular flexibility index (Phi) is 5.29. The normalized spacial score (nSPS) is 17.4. The van der Waals surface area contributed by atoms with E-state index in [2.05, 4.69) is 31.1 Å². The lowest BCUT2D eigenvalue weighted by atomic mass is 9.97. The smallest absolute Gasteiger partial charge is 0.225 e. The van der Waals surface area contributed by atoms with Crippen LogP contribution in [0.5, 0.6) is 5.75 Å². The number of piperidine rings is 1. The molecule has 0 bridgehead atoms. The summed E-state index contributed by atoms with van der Waals surface area (Å²) < 4.78 is 21.0. The number of carbonyl (C=O) groups is 1. The zero-order chi connectivity index (χ0) is 18.8. The minimum atomic E-state index is -0.190. The van der Waals surface area contributed by atoms with E-state index in [-0.39, 0.29) is 11.7 Å². The van der Waals surface area contributed by atoms with Crippen molar-refractivity contribution in [3.63, 3.8) is 0 Å². The number of benzene rings is 1. The second-order valence-corrected chi connectivity index (χ2v) is 7.94. The summed E-state index contributed by atoms with van der Waals surface area (Å²) >= 11 is 3.30. The molecule has 7 heteroatoms. The number of rotatable bonds is 4. The van der Waals surface area contributed by atoms with Gasteiger partial charge in [0.1, 0.15) is 17.4 Å². The summed E-state index contributed by atoms with van der Waals surface area (Å²) in [6, 6.07) is 7.07. The van der Waals surface area contributed by atoms with Crippen LogP contribution in [0.15, 0.2) is 34.9 Å². The minimum Gasteiger partial charge on any atom is -0.493 e. The molecule has 0 radical (unpaired) electrons. The van der Waals surface area contributed by atoms with Gasteiger partial charge in [0.2, 0.25) is 5.91 Å². The predicted octanol–water partition coefficient (Wildman–Crippen LogP) is 4.16. The van der Waals surface area contributed by atoms with E-state index in [1.54, 1.807) is 6.20 Å². The number of nitrogens with zero attached hydrogens (tertiary/aromatic N) is 2. The van der Waals surface area contributed by atoms with Crippen LogP contribution in [0, 0.1) is 11.7 Å². The molecule has 1 saturated heterocycles. The van der Waals surface area contributed by atoms with E-state index >= 15 is 0 Å². The number of fused-ring (bicyclic) bond motifs is 1. The van der Waals surface area contributed by atoms with Gasteiger partial charge in [0, 0.05) is 35.7 Å². The zero-order valence-corrected chi connectivity index (χ0v) is 16.5. The van der Waals surface area contributed by atoms with E-state index in [4.69, 9.17) is 4.74 Å². The third kappa shape index (κ3) is 4.08. The summed E-state index contributed by atoms with van der Waals surface area (Å²) in [7, 11) is 0. The van der Waals surface area contributed by atoms with Gasteiger partial charge in [0.15, 0.2) is 0 Å². The number of amides is 1. The molecule has 27 heavy (non-hydrogen) atoms. The number of anilines is 2. The van der Waals surface area contributed by atoms with Crippen molar-refractivity contribution in [1.29, 1.82) is 0 Å². The van der Waals surface area contributed by atoms with Crippen molar-refractivity contribution < 1.29 is 13.9 Å². The first-order valence-electron chi connectivity index (χ1n) is 9.20. The number of ether oxygens (including phenoxy) is 1. The first-order valence-corrected chi connectivity index (χ1v) is 10.00. The summed E-state index contributed by atoms with van der Waals surface area (Å²) in [6.45, 7) is 2.26. The van der Waals surface area contributed by atoms with Crippen LogP contribution in [0.1, 0.15) is 24.8 Å². The van der Waals surface area contributed by atoms with Crippen LogP contribution in [-0.4, -0.2) is 30.6 Å². The van der Waals surface area contributed by atoms with Crippen molar-refractivity contribution in [3.05, 3.63) is 46.3 Å². The van der Waals surface area contributed by atoms with Crippen LogP contribution in [0.25, 0.3) is 0 Å². The molecule has 0 spiro atoms. The van der Waals surface area contributed by atoms with Crippen molar-refractivity contribution in [2.24, 2.45) is 5.92 Å². The highest BCUT2D eigenvalue weighted by Crippen LogP contribution is 2.31. The fourth-order valence-electron chi connectivity index (χ4n) is 3.68. The molecule has 0 unspecified atom stereocenters. The van der Waals surface area contributed by atoms with Crippen molar-refractivity contribution in [3.8, 4) is 5.75 Å². The van der Waals surface area contributed by atoms with Crippen LogP contribution < -0.4 is 15.0 Å². The molecule has 2 aromatic rings. The summed E-state index contributed by atoms with van der Waals surface area (Å²) in [5, 5.41) is 2.80. The topological polar surface area (TPSA) is 54.5 Å². The summed E-state index contributed by atoms with van der Waals surface area (Å²) in [5.74, 6) is 1.66. The Morgan fingerprint density at radius 3 is 2.85 bits per heavy atom. The Balaban J connectivity index is 1.34. The molecule has 1 aromatic carbocycles. The summed E-state index contributed by atoms with van der Waals surface area (Å²) in [4.78, 5) is 17.8. The highest BCUT2D eigenvalue weighted by molar-refractivity contribution is 9.10. The highest BCUT2D eigenvalue weighted by Gasteiger charge is 2.24. The number of hydrogen-bond acceptors (Lipinski definition) is 4. The van der Waals surface area contributed by atoms with Crippen molar-refractivity contribution in [2.45, 2.75) is 25.7 Å². The molecule has 2 aliphatic rings. The number of aromatic nitrogens is 1. The number of halogens is 2. The molecule has 5 nitrogen and oxygen atoms in total. The highest BCUT2D eigenvalue weighted by atomic mass is 79.9. The van der Waals surface area contributed by atoms with E-state index < -0.39 is 0 Å². The average Bonchev–Trinajstić information content (AvgIpc) is 2.66. The molecule has 3 heterocycles. The molecule has 142 valence electrons. The number of hydrogen-bond donors (Lipinski definition) is 1. The van der Waals surface area contributed by atoms with Gasteiger partial charge in [-0.05, 0) is 49.4 Å². The molecule has 2 aliphatic heterocycles. The van der Waals surface area contributed by atoms with Gasteiger partial charge in [-0.2, -0.15) is 0 Å². The second kappa shape index (κ2) is 7.84. The van der Waals surface area contributed by atoms with Gasteiger partial charge in [-0.15, -0.1) is 0 Å². The predicted molar refractivity (Wildman–Crippen MR) is 106 cm³/mol. The lowest BCUT2D eigenvalue weighted by Gasteiger charge is -2.34. The Hall–Kier alpha value is -2.15. The maximum Gasteiger partial charge on any atom is 0.225 e. The number of pyridine rings is 1. The second-order valence-electron chi connectivity index (χ2n) is 7.02. The molecule has 1 N–H and O–H groups in total. The SMILES string of the molecule is O=C1CCc2c(OCC3CCN(c4ccc(Br)cc4F)CC3)ccnc2N1. The lowest BCUT2D eigenvalue weighted by Crippen LogP contribution is -2.36. The Labute approximate surface area is 166 Å². The third-order valence-electron chi connectivity index (χ3n) is 5.21. The van der Waals surface area contributed by atoms with E-state index in [1.807, 2.05) is 18.2 Å². The van der Waals surface area contributed by atoms with Gasteiger partial charge >= 0.3 is 0 Å². The molecule has 1 amide bonds. The fraction of sp³-hybridized carbons (Fsp3) is 0.400. The Bertz CT molecular complexity index is 853. The van der Waals surface area contributed by atoms with Crippen LogP contribution in [0.2, 0.25) is 0 Å². The largest absolute Gasteiger partial charge is 0.493 e. The van der Waals surface area contributed by atoms with Crippen molar-refractivity contribution >= 4 is 33.3 Å². The number of carbonyl (C=O) groups excluding carboxylic acids is 1. The zero-order valence-electron chi connectivity index (χ0n) is 14.9. The fourth-order valence-corrected chi connectivity index (χ4v) is 4.01. The van der Waals surface area contributed by atoms with Gasteiger partial charge in [0.05, 0.1) is 12.3 Å². The van der Waals surface area contributed by atoms with E-state index in [0.29, 0.717) is 36.9 Å². The molecule has 1 aromatic heterocycles. The molecule has 0 saturated carbocycles. The van der Waals surface area contributed by atoms with E-state index in [9.17, 15) is 9.18 Å². The molecule has 1 fully saturated rings. The molecule has 0 atom stereocenters. The van der Waals surface area contributed by atoms with Crippen LogP contribution >= 0.6 is 15.9 Å².